The fourth-order valence-electron chi connectivity index (χ4n) is 1.27. The second-order valence-electron chi connectivity index (χ2n) is 3.41. The maximum Gasteiger partial charge on any atom is 0.286 e. The van der Waals surface area contributed by atoms with Crippen molar-refractivity contribution < 1.29 is 14.4 Å². The summed E-state index contributed by atoms with van der Waals surface area (Å²) in [5, 5.41) is 5.50. The summed E-state index contributed by atoms with van der Waals surface area (Å²) in [6.07, 6.45) is 0. The number of amides is 2. The zero-order valence-corrected chi connectivity index (χ0v) is 10.4. The molecule has 1 rings (SSSR count). The standard InChI is InChI=1S/C11H12ClN3O3/c1-14-8-3-2-6(12)4-7(8)11(18)15-5-9(16)10(13)17/h2-4,14H,5H2,1H3,(H2,13,17)(H,15,18). The number of benzene rings is 1. The zero-order chi connectivity index (χ0) is 13.7. The molecule has 1 aromatic rings. The second-order valence-corrected chi connectivity index (χ2v) is 3.85. The minimum absolute atomic E-state index is 0.280. The SMILES string of the molecule is CNc1ccc(Cl)cc1C(=O)NCC(=O)C(N)=O. The van der Waals surface area contributed by atoms with Gasteiger partial charge >= 0.3 is 0 Å². The molecule has 0 unspecified atom stereocenters. The summed E-state index contributed by atoms with van der Waals surface area (Å²) < 4.78 is 0. The quantitative estimate of drug-likeness (QED) is 0.663. The lowest BCUT2D eigenvalue weighted by molar-refractivity contribution is -0.135. The molecule has 0 heterocycles. The van der Waals surface area contributed by atoms with Crippen molar-refractivity contribution in [2.75, 3.05) is 18.9 Å². The van der Waals surface area contributed by atoms with Crippen molar-refractivity contribution in [3.8, 4) is 0 Å². The molecular formula is C11H12ClN3O3. The maximum absolute atomic E-state index is 11.8. The van der Waals surface area contributed by atoms with E-state index in [2.05, 4.69) is 10.6 Å². The minimum atomic E-state index is -1.09. The molecule has 2 amide bonds. The van der Waals surface area contributed by atoms with Crippen molar-refractivity contribution in [1.82, 2.24) is 5.32 Å². The Bertz CT molecular complexity index is 502. The van der Waals surface area contributed by atoms with E-state index >= 15 is 0 Å². The number of nitrogens with one attached hydrogen (secondary N) is 2. The molecule has 0 saturated heterocycles. The number of nitrogens with two attached hydrogens (primary N) is 1. The first-order chi connectivity index (χ1) is 8.45. The number of hydrogen-bond acceptors (Lipinski definition) is 4. The average Bonchev–Trinajstić information content (AvgIpc) is 2.35. The third-order valence-electron chi connectivity index (χ3n) is 2.18. The van der Waals surface area contributed by atoms with Crippen LogP contribution in [0.5, 0.6) is 0 Å². The summed E-state index contributed by atoms with van der Waals surface area (Å²) in [5.41, 5.74) is 5.61. The molecule has 4 N–H and O–H groups in total. The smallest absolute Gasteiger partial charge is 0.286 e. The number of carbonyl (C=O) groups excluding carboxylic acids is 3. The number of primary amides is 1. The van der Waals surface area contributed by atoms with Gasteiger partial charge in [0.05, 0.1) is 12.1 Å². The van der Waals surface area contributed by atoms with Gasteiger partial charge in [-0.25, -0.2) is 0 Å². The molecule has 0 aliphatic carbocycles. The zero-order valence-electron chi connectivity index (χ0n) is 9.62. The fraction of sp³-hybridized carbons (Fsp3) is 0.182. The highest BCUT2D eigenvalue weighted by Gasteiger charge is 2.14. The maximum atomic E-state index is 11.8. The van der Waals surface area contributed by atoms with Crippen molar-refractivity contribution in [2.45, 2.75) is 0 Å². The van der Waals surface area contributed by atoms with Gasteiger partial charge < -0.3 is 16.4 Å². The average molecular weight is 270 g/mol. The van der Waals surface area contributed by atoms with Crippen molar-refractivity contribution in [1.29, 1.82) is 0 Å². The molecule has 0 spiro atoms. The summed E-state index contributed by atoms with van der Waals surface area (Å²) >= 11 is 5.78. The predicted molar refractivity (Wildman–Crippen MR) is 67.5 cm³/mol. The molecule has 1 aromatic carbocycles. The topological polar surface area (TPSA) is 101 Å². The molecular weight excluding hydrogens is 258 g/mol. The number of carbonyl (C=O) groups is 3. The van der Waals surface area contributed by atoms with Crippen LogP contribution in [0.4, 0.5) is 5.69 Å². The van der Waals surface area contributed by atoms with Crippen LogP contribution in [0.3, 0.4) is 0 Å². The van der Waals surface area contributed by atoms with E-state index < -0.39 is 24.1 Å². The predicted octanol–water partition coefficient (Wildman–Crippen LogP) is 0.166. The fourth-order valence-corrected chi connectivity index (χ4v) is 1.44. The van der Waals surface area contributed by atoms with E-state index in [0.29, 0.717) is 10.7 Å². The lowest BCUT2D eigenvalue weighted by atomic mass is 10.1. The number of halogens is 1. The van der Waals surface area contributed by atoms with Crippen LogP contribution in [0.1, 0.15) is 10.4 Å². The van der Waals surface area contributed by atoms with Gasteiger partial charge in [0.25, 0.3) is 11.8 Å². The van der Waals surface area contributed by atoms with E-state index in [1.165, 1.54) is 6.07 Å². The van der Waals surface area contributed by atoms with Crippen LogP contribution in [0, 0.1) is 0 Å². The number of rotatable bonds is 5. The lowest BCUT2D eigenvalue weighted by Crippen LogP contribution is -2.36. The van der Waals surface area contributed by atoms with Crippen molar-refractivity contribution in [2.24, 2.45) is 5.73 Å². The van der Waals surface area contributed by atoms with Crippen molar-refractivity contribution in [3.05, 3.63) is 28.8 Å². The molecule has 0 atom stereocenters. The van der Waals surface area contributed by atoms with E-state index in [9.17, 15) is 14.4 Å². The van der Waals surface area contributed by atoms with Crippen molar-refractivity contribution in [3.63, 3.8) is 0 Å². The molecule has 0 saturated carbocycles. The van der Waals surface area contributed by atoms with Crippen LogP contribution in [0.2, 0.25) is 5.02 Å². The van der Waals surface area contributed by atoms with E-state index in [-0.39, 0.29) is 5.56 Å². The number of Topliss-reactive ketones (excluding diaryl/α,β-unsaturated/α-hetero) is 1. The largest absolute Gasteiger partial charge is 0.387 e. The number of anilines is 1. The monoisotopic (exact) mass is 269 g/mol. The molecule has 0 aliphatic rings. The molecule has 96 valence electrons. The van der Waals surface area contributed by atoms with Crippen LogP contribution in [-0.2, 0) is 9.59 Å². The Morgan fingerprint density at radius 1 is 1.33 bits per heavy atom. The Morgan fingerprint density at radius 2 is 2.00 bits per heavy atom. The number of ketones is 1. The van der Waals surface area contributed by atoms with Gasteiger partial charge in [0.15, 0.2) is 0 Å². The molecule has 7 heteroatoms. The third kappa shape index (κ3) is 3.46. The highest BCUT2D eigenvalue weighted by molar-refractivity contribution is 6.36. The summed E-state index contributed by atoms with van der Waals surface area (Å²) in [6.45, 7) is -0.441. The second kappa shape index (κ2) is 6.02. The van der Waals surface area contributed by atoms with Gasteiger partial charge in [-0.05, 0) is 18.2 Å². The summed E-state index contributed by atoms with van der Waals surface area (Å²) in [5.74, 6) is -2.47. The molecule has 0 radical (unpaired) electrons. The van der Waals surface area contributed by atoms with Gasteiger partial charge in [-0.15, -0.1) is 0 Å². The van der Waals surface area contributed by atoms with Crippen LogP contribution in [0.15, 0.2) is 18.2 Å². The van der Waals surface area contributed by atoms with Crippen LogP contribution >= 0.6 is 11.6 Å². The normalized spacial score (nSPS) is 9.67. The Balaban J connectivity index is 2.81. The lowest BCUT2D eigenvalue weighted by Gasteiger charge is -2.09. The van der Waals surface area contributed by atoms with Gasteiger partial charge in [-0.2, -0.15) is 0 Å². The summed E-state index contributed by atoms with van der Waals surface area (Å²) in [6, 6.07) is 4.71. The molecule has 18 heavy (non-hydrogen) atoms. The van der Waals surface area contributed by atoms with Gasteiger partial charge in [-0.3, -0.25) is 14.4 Å². The van der Waals surface area contributed by atoms with Crippen LogP contribution < -0.4 is 16.4 Å². The molecule has 0 aliphatic heterocycles. The van der Waals surface area contributed by atoms with Gasteiger partial charge in [0.1, 0.15) is 0 Å². The van der Waals surface area contributed by atoms with E-state index in [4.69, 9.17) is 17.3 Å². The van der Waals surface area contributed by atoms with Crippen LogP contribution in [-0.4, -0.2) is 31.2 Å². The highest BCUT2D eigenvalue weighted by atomic mass is 35.5. The molecule has 6 nitrogen and oxygen atoms in total. The Hall–Kier alpha value is -2.08. The number of hydrogen-bond donors (Lipinski definition) is 3. The van der Waals surface area contributed by atoms with Crippen molar-refractivity contribution >= 4 is 34.9 Å². The summed E-state index contributed by atoms with van der Waals surface area (Å²) in [7, 11) is 1.65. The third-order valence-corrected chi connectivity index (χ3v) is 2.42. The molecule has 0 fully saturated rings. The Labute approximate surface area is 108 Å². The van der Waals surface area contributed by atoms with Gasteiger partial charge in [-0.1, -0.05) is 11.6 Å². The molecule has 0 aromatic heterocycles. The Morgan fingerprint density at radius 3 is 2.56 bits per heavy atom. The first-order valence-electron chi connectivity index (χ1n) is 5.04. The van der Waals surface area contributed by atoms with E-state index in [1.54, 1.807) is 19.2 Å². The van der Waals surface area contributed by atoms with Gasteiger partial charge in [0.2, 0.25) is 5.78 Å². The first-order valence-corrected chi connectivity index (χ1v) is 5.41. The highest BCUT2D eigenvalue weighted by Crippen LogP contribution is 2.19. The van der Waals surface area contributed by atoms with E-state index in [1.807, 2.05) is 0 Å². The minimum Gasteiger partial charge on any atom is -0.387 e. The Kier molecular flexibility index (Phi) is 4.67. The summed E-state index contributed by atoms with van der Waals surface area (Å²) in [4.78, 5) is 33.3. The first kappa shape index (κ1) is 14.0. The molecule has 0 bridgehead atoms. The van der Waals surface area contributed by atoms with Crippen LogP contribution in [0.25, 0.3) is 0 Å². The van der Waals surface area contributed by atoms with E-state index in [0.717, 1.165) is 0 Å². The van der Waals surface area contributed by atoms with Gasteiger partial charge in [0, 0.05) is 17.8 Å².